The van der Waals surface area contributed by atoms with Gasteiger partial charge in [-0.25, -0.2) is 4.79 Å². The number of carboxylic acid groups (broad SMARTS) is 1. The average Bonchev–Trinajstić information content (AvgIpc) is 3.14. The van der Waals surface area contributed by atoms with Crippen molar-refractivity contribution in [1.29, 1.82) is 0 Å². The van der Waals surface area contributed by atoms with Gasteiger partial charge in [0.05, 0.1) is 6.26 Å². The highest BCUT2D eigenvalue weighted by molar-refractivity contribution is 7.20. The maximum absolute atomic E-state index is 10.6. The largest absolute Gasteiger partial charge is 0.477 e. The van der Waals surface area contributed by atoms with Crippen molar-refractivity contribution >= 4 is 38.4 Å². The number of carbonyl (C=O) groups is 1. The third kappa shape index (κ3) is 2.95. The predicted octanol–water partition coefficient (Wildman–Crippen LogP) is 5.03. The highest BCUT2D eigenvalue weighted by atomic mass is 32.1. The third-order valence-corrected chi connectivity index (χ3v) is 4.10. The molecule has 0 unspecified atom stereocenters. The first-order valence-electron chi connectivity index (χ1n) is 6.38. The Kier molecular flexibility index (Phi) is 3.71. The molecule has 0 bridgehead atoms. The summed E-state index contributed by atoms with van der Waals surface area (Å²) < 4.78 is 6.14. The topological polar surface area (TPSA) is 50.4 Å². The molecule has 2 aromatic carbocycles. The molecular weight excluding hydrogens is 284 g/mol. The second-order valence-corrected chi connectivity index (χ2v) is 5.50. The summed E-state index contributed by atoms with van der Waals surface area (Å²) in [7, 11) is 0. The number of carboxylic acids is 1. The number of hydrogen-bond donors (Lipinski definition) is 1. The van der Waals surface area contributed by atoms with Crippen LogP contribution in [0.3, 0.4) is 0 Å². The Bertz CT molecular complexity index is 826. The number of rotatable bonds is 1. The number of benzene rings is 2. The summed E-state index contributed by atoms with van der Waals surface area (Å²) in [5, 5.41) is 10.9. The molecule has 0 spiro atoms. The molecule has 1 N–H and O–H groups in total. The van der Waals surface area contributed by atoms with Gasteiger partial charge in [-0.15, -0.1) is 11.3 Å². The zero-order chi connectivity index (χ0) is 14.7. The minimum atomic E-state index is -0.851. The summed E-state index contributed by atoms with van der Waals surface area (Å²) in [4.78, 5) is 11.0. The van der Waals surface area contributed by atoms with Gasteiger partial charge in [-0.05, 0) is 29.7 Å². The molecule has 0 atom stereocenters. The number of thiophene rings is 1. The van der Waals surface area contributed by atoms with Gasteiger partial charge in [0, 0.05) is 10.1 Å². The molecule has 4 rings (SSSR count). The van der Waals surface area contributed by atoms with Crippen LogP contribution in [0.15, 0.2) is 71.3 Å². The molecule has 2 heterocycles. The summed E-state index contributed by atoms with van der Waals surface area (Å²) in [6.07, 6.45) is 1.70. The first-order chi connectivity index (χ1) is 10.2. The van der Waals surface area contributed by atoms with Crippen LogP contribution < -0.4 is 0 Å². The van der Waals surface area contributed by atoms with Crippen LogP contribution in [0.25, 0.3) is 21.1 Å². The standard InChI is InChI=1S/C9H6O2S.C8H6O/c10-9(11)8-5-6-3-1-2-4-7(6)12-8;1-2-4-8-7(3-1)5-6-9-8/h1-5H,(H,10,11);1-6H. The van der Waals surface area contributed by atoms with Gasteiger partial charge in [0.2, 0.25) is 0 Å². The van der Waals surface area contributed by atoms with Gasteiger partial charge in [0.1, 0.15) is 10.5 Å². The fourth-order valence-electron chi connectivity index (χ4n) is 1.99. The maximum Gasteiger partial charge on any atom is 0.345 e. The molecule has 0 aliphatic heterocycles. The zero-order valence-electron chi connectivity index (χ0n) is 11.0. The number of fused-ring (bicyclic) bond motifs is 2. The van der Waals surface area contributed by atoms with Gasteiger partial charge in [-0.3, -0.25) is 0 Å². The van der Waals surface area contributed by atoms with E-state index in [0.29, 0.717) is 4.88 Å². The molecule has 4 heteroatoms. The lowest BCUT2D eigenvalue weighted by molar-refractivity contribution is 0.0702. The second kappa shape index (κ2) is 5.81. The Labute approximate surface area is 125 Å². The van der Waals surface area contributed by atoms with Crippen molar-refractivity contribution in [3.05, 3.63) is 71.8 Å². The Morgan fingerprint density at radius 3 is 2.38 bits per heavy atom. The monoisotopic (exact) mass is 296 g/mol. The summed E-state index contributed by atoms with van der Waals surface area (Å²) in [6, 6.07) is 19.2. The van der Waals surface area contributed by atoms with Gasteiger partial charge in [-0.1, -0.05) is 36.4 Å². The van der Waals surface area contributed by atoms with E-state index in [0.717, 1.165) is 21.1 Å². The van der Waals surface area contributed by atoms with E-state index in [2.05, 4.69) is 0 Å². The summed E-state index contributed by atoms with van der Waals surface area (Å²) in [5.41, 5.74) is 0.956. The van der Waals surface area contributed by atoms with Gasteiger partial charge >= 0.3 is 5.97 Å². The quantitative estimate of drug-likeness (QED) is 0.536. The van der Waals surface area contributed by atoms with Crippen molar-refractivity contribution in [1.82, 2.24) is 0 Å². The Balaban J connectivity index is 0.000000131. The van der Waals surface area contributed by atoms with Crippen LogP contribution in [0, 0.1) is 0 Å². The van der Waals surface area contributed by atoms with Crippen molar-refractivity contribution in [3.63, 3.8) is 0 Å². The van der Waals surface area contributed by atoms with Crippen molar-refractivity contribution in [2.24, 2.45) is 0 Å². The van der Waals surface area contributed by atoms with Crippen LogP contribution in [0.5, 0.6) is 0 Å². The zero-order valence-corrected chi connectivity index (χ0v) is 11.8. The number of aromatic carboxylic acids is 1. The highest BCUT2D eigenvalue weighted by Crippen LogP contribution is 2.24. The summed E-state index contributed by atoms with van der Waals surface area (Å²) in [5.74, 6) is -0.851. The molecule has 0 saturated carbocycles. The lowest BCUT2D eigenvalue weighted by Gasteiger charge is -1.82. The van der Waals surface area contributed by atoms with Crippen LogP contribution in [0.2, 0.25) is 0 Å². The summed E-state index contributed by atoms with van der Waals surface area (Å²) in [6.45, 7) is 0. The van der Waals surface area contributed by atoms with Gasteiger partial charge in [0.25, 0.3) is 0 Å². The van der Waals surface area contributed by atoms with Crippen LogP contribution in [0.1, 0.15) is 9.67 Å². The highest BCUT2D eigenvalue weighted by Gasteiger charge is 2.06. The number of hydrogen-bond acceptors (Lipinski definition) is 3. The van der Waals surface area contributed by atoms with Gasteiger partial charge in [0.15, 0.2) is 0 Å². The van der Waals surface area contributed by atoms with Crippen molar-refractivity contribution in [2.45, 2.75) is 0 Å². The van der Waals surface area contributed by atoms with Crippen molar-refractivity contribution in [2.75, 3.05) is 0 Å². The smallest absolute Gasteiger partial charge is 0.345 e. The van der Waals surface area contributed by atoms with E-state index in [1.54, 1.807) is 12.3 Å². The Hall–Kier alpha value is -2.59. The normalized spacial score (nSPS) is 10.3. The Morgan fingerprint density at radius 2 is 1.67 bits per heavy atom. The van der Waals surface area contributed by atoms with Crippen LogP contribution in [0.4, 0.5) is 0 Å². The van der Waals surface area contributed by atoms with Gasteiger partial charge in [-0.2, -0.15) is 0 Å². The molecule has 0 radical (unpaired) electrons. The lowest BCUT2D eigenvalue weighted by atomic mass is 10.2. The first-order valence-corrected chi connectivity index (χ1v) is 7.20. The minimum Gasteiger partial charge on any atom is -0.477 e. The van der Waals surface area contributed by atoms with Crippen LogP contribution in [-0.2, 0) is 0 Å². The SMILES string of the molecule is O=C(O)c1cc2ccccc2s1.c1ccc2occc2c1. The summed E-state index contributed by atoms with van der Waals surface area (Å²) >= 11 is 1.31. The van der Waals surface area contributed by atoms with Crippen LogP contribution >= 0.6 is 11.3 Å². The third-order valence-electron chi connectivity index (χ3n) is 3.00. The van der Waals surface area contributed by atoms with Crippen LogP contribution in [-0.4, -0.2) is 11.1 Å². The fraction of sp³-hybridized carbons (Fsp3) is 0. The molecule has 21 heavy (non-hydrogen) atoms. The van der Waals surface area contributed by atoms with E-state index < -0.39 is 5.97 Å². The van der Waals surface area contributed by atoms with E-state index >= 15 is 0 Å². The average molecular weight is 296 g/mol. The molecule has 0 aliphatic rings. The van der Waals surface area contributed by atoms with Crippen molar-refractivity contribution < 1.29 is 14.3 Å². The van der Waals surface area contributed by atoms with E-state index in [4.69, 9.17) is 9.52 Å². The molecule has 104 valence electrons. The van der Waals surface area contributed by atoms with E-state index in [1.165, 1.54) is 11.3 Å². The molecule has 4 aromatic rings. The molecule has 3 nitrogen and oxygen atoms in total. The Morgan fingerprint density at radius 1 is 0.952 bits per heavy atom. The van der Waals surface area contributed by atoms with E-state index in [1.807, 2.05) is 54.6 Å². The van der Waals surface area contributed by atoms with E-state index in [9.17, 15) is 4.79 Å². The van der Waals surface area contributed by atoms with Crippen molar-refractivity contribution in [3.8, 4) is 0 Å². The predicted molar refractivity (Wildman–Crippen MR) is 85.0 cm³/mol. The molecule has 0 fully saturated rings. The first kappa shape index (κ1) is 13.4. The number of furan rings is 1. The molecule has 2 aromatic heterocycles. The fourth-order valence-corrected chi connectivity index (χ4v) is 2.90. The molecule has 0 saturated heterocycles. The lowest BCUT2D eigenvalue weighted by Crippen LogP contribution is -1.89. The number of para-hydroxylation sites is 1. The minimum absolute atomic E-state index is 0.399. The molecule has 0 amide bonds. The second-order valence-electron chi connectivity index (χ2n) is 4.41. The van der Waals surface area contributed by atoms with Gasteiger partial charge < -0.3 is 9.52 Å². The van der Waals surface area contributed by atoms with E-state index in [-0.39, 0.29) is 0 Å². The molecular formula is C17H12O3S. The maximum atomic E-state index is 10.6. The molecule has 0 aliphatic carbocycles.